The second-order valence-corrected chi connectivity index (χ2v) is 4.48. The van der Waals surface area contributed by atoms with E-state index in [2.05, 4.69) is 0 Å². The Morgan fingerprint density at radius 2 is 2.07 bits per heavy atom. The summed E-state index contributed by atoms with van der Waals surface area (Å²) in [6, 6.07) is 0. The van der Waals surface area contributed by atoms with Crippen molar-refractivity contribution >= 4 is 13.5 Å². The van der Waals surface area contributed by atoms with Crippen LogP contribution in [0, 0.1) is 0 Å². The van der Waals surface area contributed by atoms with E-state index in [0.717, 1.165) is 6.08 Å². The van der Waals surface area contributed by atoms with E-state index in [0.29, 0.717) is 5.06 Å². The number of hydrogen-bond donors (Lipinski definition) is 3. The van der Waals surface area contributed by atoms with Gasteiger partial charge in [0.2, 0.25) is 0 Å². The Hall–Kier alpha value is -0.680. The van der Waals surface area contributed by atoms with Crippen molar-refractivity contribution in [3.63, 3.8) is 0 Å². The third kappa shape index (κ3) is 6.80. The zero-order valence-electron chi connectivity index (χ0n) is 7.83. The van der Waals surface area contributed by atoms with Gasteiger partial charge in [0.15, 0.2) is 0 Å². The number of carbonyl (C=O) groups excluding carboxylic acids is 1. The first-order chi connectivity index (χ1) is 6.37. The minimum atomic E-state index is -4.03. The first kappa shape index (κ1) is 13.3. The normalized spacial score (nSPS) is 12.0. The Kier molecular flexibility index (Phi) is 5.64. The first-order valence-corrected chi connectivity index (χ1v) is 5.84. The molecule has 0 bridgehead atoms. The van der Waals surface area contributed by atoms with Crippen LogP contribution in [-0.2, 0) is 9.36 Å². The molecule has 0 heterocycles. The standard InChI is InChI=1S/C7H14NO5P/c1-2-4-7(9)8(10)5-3-6-14(11,12)13/h2,4,10H,3,5-6H2,1H3,(H2,11,12,13). The van der Waals surface area contributed by atoms with E-state index < -0.39 is 13.5 Å². The predicted molar refractivity (Wildman–Crippen MR) is 49.8 cm³/mol. The highest BCUT2D eigenvalue weighted by atomic mass is 31.2. The Bertz CT molecular complexity index is 259. The van der Waals surface area contributed by atoms with Crippen molar-refractivity contribution < 1.29 is 24.4 Å². The Morgan fingerprint density at radius 3 is 2.50 bits per heavy atom. The molecule has 0 saturated heterocycles. The molecule has 0 fully saturated rings. The second-order valence-electron chi connectivity index (χ2n) is 2.70. The van der Waals surface area contributed by atoms with Crippen LogP contribution in [0.2, 0.25) is 0 Å². The van der Waals surface area contributed by atoms with Crippen molar-refractivity contribution in [2.24, 2.45) is 0 Å². The molecule has 1 amide bonds. The van der Waals surface area contributed by atoms with Gasteiger partial charge < -0.3 is 9.79 Å². The maximum Gasteiger partial charge on any atom is 0.325 e. The van der Waals surface area contributed by atoms with E-state index in [1.807, 2.05) is 0 Å². The number of rotatable bonds is 5. The van der Waals surface area contributed by atoms with E-state index in [4.69, 9.17) is 15.0 Å². The summed E-state index contributed by atoms with van der Waals surface area (Å²) in [6.07, 6.45) is 2.35. The van der Waals surface area contributed by atoms with Crippen molar-refractivity contribution in [1.29, 1.82) is 0 Å². The number of hydroxylamine groups is 2. The lowest BCUT2D eigenvalue weighted by Gasteiger charge is -2.12. The van der Waals surface area contributed by atoms with Gasteiger partial charge >= 0.3 is 7.60 Å². The molecule has 7 heteroatoms. The van der Waals surface area contributed by atoms with Gasteiger partial charge in [-0.25, -0.2) is 5.06 Å². The third-order valence-electron chi connectivity index (χ3n) is 1.38. The molecule has 0 atom stereocenters. The summed E-state index contributed by atoms with van der Waals surface area (Å²) in [5.74, 6) is -0.599. The number of amides is 1. The first-order valence-electron chi connectivity index (χ1n) is 4.04. The molecule has 82 valence electrons. The largest absolute Gasteiger partial charge is 0.325 e. The van der Waals surface area contributed by atoms with E-state index in [1.165, 1.54) is 6.08 Å². The average molecular weight is 223 g/mol. The molecule has 0 aromatic rings. The second kappa shape index (κ2) is 5.93. The Morgan fingerprint density at radius 1 is 1.50 bits per heavy atom. The fourth-order valence-corrected chi connectivity index (χ4v) is 1.32. The molecule has 0 radical (unpaired) electrons. The Balaban J connectivity index is 3.80. The summed E-state index contributed by atoms with van der Waals surface area (Å²) in [6.45, 7) is 1.54. The van der Waals surface area contributed by atoms with E-state index in [1.54, 1.807) is 6.92 Å². The molecule has 0 aromatic heterocycles. The number of allylic oxidation sites excluding steroid dienone is 1. The summed E-state index contributed by atoms with van der Waals surface area (Å²) in [5, 5.41) is 9.45. The molecule has 0 spiro atoms. The van der Waals surface area contributed by atoms with Gasteiger partial charge in [0.1, 0.15) is 0 Å². The SMILES string of the molecule is CC=CC(=O)N(O)CCCP(=O)(O)O. The zero-order valence-corrected chi connectivity index (χ0v) is 8.72. The summed E-state index contributed by atoms with van der Waals surface area (Å²) in [5.41, 5.74) is 0. The Labute approximate surface area is 82.0 Å². The van der Waals surface area contributed by atoms with Crippen molar-refractivity contribution in [3.8, 4) is 0 Å². The van der Waals surface area contributed by atoms with E-state index in [9.17, 15) is 9.36 Å². The zero-order chi connectivity index (χ0) is 11.2. The molecule has 0 aromatic carbocycles. The van der Waals surface area contributed by atoms with Crippen LogP contribution in [0.1, 0.15) is 13.3 Å². The van der Waals surface area contributed by atoms with Crippen LogP contribution in [0.15, 0.2) is 12.2 Å². The minimum Gasteiger partial charge on any atom is -0.324 e. The van der Waals surface area contributed by atoms with Crippen LogP contribution in [0.4, 0.5) is 0 Å². The molecule has 3 N–H and O–H groups in total. The van der Waals surface area contributed by atoms with Gasteiger partial charge in [-0.2, -0.15) is 0 Å². The predicted octanol–water partition coefficient (Wildman–Crippen LogP) is 0.348. The lowest BCUT2D eigenvalue weighted by Crippen LogP contribution is -2.27. The fourth-order valence-electron chi connectivity index (χ4n) is 0.765. The smallest absolute Gasteiger partial charge is 0.324 e. The molecule has 0 aliphatic heterocycles. The molecule has 0 unspecified atom stereocenters. The molecular formula is C7H14NO5P. The van der Waals surface area contributed by atoms with Gasteiger partial charge in [0, 0.05) is 12.6 Å². The van der Waals surface area contributed by atoms with Crippen molar-refractivity contribution in [3.05, 3.63) is 12.2 Å². The van der Waals surface area contributed by atoms with Crippen molar-refractivity contribution in [2.45, 2.75) is 13.3 Å². The molecule has 14 heavy (non-hydrogen) atoms. The molecule has 6 nitrogen and oxygen atoms in total. The quantitative estimate of drug-likeness (QED) is 0.270. The van der Waals surface area contributed by atoms with Crippen LogP contribution >= 0.6 is 7.60 Å². The average Bonchev–Trinajstić information content (AvgIpc) is 2.02. The summed E-state index contributed by atoms with van der Waals surface area (Å²) in [7, 11) is -4.03. The van der Waals surface area contributed by atoms with Gasteiger partial charge in [-0.1, -0.05) is 6.08 Å². The van der Waals surface area contributed by atoms with Gasteiger partial charge in [-0.3, -0.25) is 14.6 Å². The van der Waals surface area contributed by atoms with Gasteiger partial charge in [-0.05, 0) is 13.3 Å². The van der Waals surface area contributed by atoms with Crippen LogP contribution in [0.25, 0.3) is 0 Å². The van der Waals surface area contributed by atoms with E-state index >= 15 is 0 Å². The van der Waals surface area contributed by atoms with Crippen LogP contribution < -0.4 is 0 Å². The number of carbonyl (C=O) groups is 1. The summed E-state index contributed by atoms with van der Waals surface area (Å²) < 4.78 is 10.4. The van der Waals surface area contributed by atoms with Crippen LogP contribution in [-0.4, -0.2) is 38.7 Å². The lowest BCUT2D eigenvalue weighted by molar-refractivity contribution is -0.159. The lowest BCUT2D eigenvalue weighted by atomic mass is 10.4. The highest BCUT2D eigenvalue weighted by Crippen LogP contribution is 2.34. The van der Waals surface area contributed by atoms with Gasteiger partial charge in [0.05, 0.1) is 6.16 Å². The minimum absolute atomic E-state index is 0.0596. The van der Waals surface area contributed by atoms with E-state index in [-0.39, 0.29) is 19.1 Å². The van der Waals surface area contributed by atoms with Gasteiger partial charge in [-0.15, -0.1) is 0 Å². The monoisotopic (exact) mass is 223 g/mol. The molecule has 0 saturated carbocycles. The molecular weight excluding hydrogens is 209 g/mol. The molecule has 0 rings (SSSR count). The topological polar surface area (TPSA) is 98.1 Å². The van der Waals surface area contributed by atoms with Crippen molar-refractivity contribution in [1.82, 2.24) is 5.06 Å². The summed E-state index contributed by atoms with van der Waals surface area (Å²) in [4.78, 5) is 27.9. The fraction of sp³-hybridized carbons (Fsp3) is 0.571. The summed E-state index contributed by atoms with van der Waals surface area (Å²) >= 11 is 0. The number of nitrogens with zero attached hydrogens (tertiary/aromatic N) is 1. The van der Waals surface area contributed by atoms with Crippen LogP contribution in [0.3, 0.4) is 0 Å². The number of hydrogen-bond acceptors (Lipinski definition) is 3. The van der Waals surface area contributed by atoms with Gasteiger partial charge in [0.25, 0.3) is 5.91 Å². The van der Waals surface area contributed by atoms with Crippen molar-refractivity contribution in [2.75, 3.05) is 12.7 Å². The molecule has 0 aliphatic carbocycles. The molecule has 0 aliphatic rings. The third-order valence-corrected chi connectivity index (χ3v) is 2.28. The maximum absolute atomic E-state index is 10.9. The highest BCUT2D eigenvalue weighted by molar-refractivity contribution is 7.51. The van der Waals surface area contributed by atoms with Crippen LogP contribution in [0.5, 0.6) is 0 Å². The maximum atomic E-state index is 10.9. The highest BCUT2D eigenvalue weighted by Gasteiger charge is 2.14.